The standard InChI is InChI=1S/C26H38N6O15/c1-26(2,44)16-47-19(37)6-9-29-21(39)27(7-4-17(35)45-3)20(38)28(22(29)40)8-5-18(36)46-15-12-32-24(42)30(10-13-33)23(41)31(11-14-34)25(32)43/h33-34,44H,4-16H2,1-3H3. The highest BCUT2D eigenvalue weighted by Gasteiger charge is 2.21. The monoisotopic (exact) mass is 674 g/mol. The molecule has 0 aliphatic rings. The topological polar surface area (TPSA) is 272 Å². The summed E-state index contributed by atoms with van der Waals surface area (Å²) in [5, 5.41) is 28.1. The van der Waals surface area contributed by atoms with Crippen LogP contribution in [0.1, 0.15) is 33.1 Å². The molecule has 2 aromatic rings. The predicted molar refractivity (Wildman–Crippen MR) is 157 cm³/mol. The van der Waals surface area contributed by atoms with Crippen LogP contribution in [0.3, 0.4) is 0 Å². The Morgan fingerprint density at radius 2 is 0.872 bits per heavy atom. The Kier molecular flexibility index (Phi) is 14.0. The Morgan fingerprint density at radius 3 is 1.21 bits per heavy atom. The first kappa shape index (κ1) is 38.3. The summed E-state index contributed by atoms with van der Waals surface area (Å²) in [5.41, 5.74) is -8.06. The van der Waals surface area contributed by atoms with Crippen molar-refractivity contribution >= 4 is 17.9 Å². The molecule has 0 radical (unpaired) electrons. The van der Waals surface area contributed by atoms with Crippen LogP contribution in [0.2, 0.25) is 0 Å². The van der Waals surface area contributed by atoms with Crippen LogP contribution in [0, 0.1) is 0 Å². The van der Waals surface area contributed by atoms with Gasteiger partial charge in [-0.3, -0.25) is 14.4 Å². The van der Waals surface area contributed by atoms with Gasteiger partial charge in [0.25, 0.3) is 0 Å². The van der Waals surface area contributed by atoms with E-state index in [1.54, 1.807) is 0 Å². The minimum absolute atomic E-state index is 0.369. The summed E-state index contributed by atoms with van der Waals surface area (Å²) in [7, 11) is 1.09. The minimum Gasteiger partial charge on any atom is -0.469 e. The zero-order valence-corrected chi connectivity index (χ0v) is 26.1. The summed E-state index contributed by atoms with van der Waals surface area (Å²) in [6.07, 6.45) is -1.55. The molecule has 0 aromatic carbocycles. The van der Waals surface area contributed by atoms with Crippen molar-refractivity contribution in [3.8, 4) is 0 Å². The molecule has 2 rings (SSSR count). The van der Waals surface area contributed by atoms with E-state index in [0.29, 0.717) is 27.4 Å². The third-order valence-electron chi connectivity index (χ3n) is 6.43. The van der Waals surface area contributed by atoms with E-state index in [2.05, 4.69) is 4.74 Å². The third kappa shape index (κ3) is 10.3. The molecule has 0 atom stereocenters. The smallest absolute Gasteiger partial charge is 0.336 e. The fourth-order valence-electron chi connectivity index (χ4n) is 4.08. The molecule has 0 amide bonds. The van der Waals surface area contributed by atoms with E-state index in [9.17, 15) is 58.5 Å². The van der Waals surface area contributed by atoms with Crippen molar-refractivity contribution < 1.29 is 43.9 Å². The predicted octanol–water partition coefficient (Wildman–Crippen LogP) is -5.46. The van der Waals surface area contributed by atoms with Gasteiger partial charge in [0, 0.05) is 19.6 Å². The number of hydrogen-bond acceptors (Lipinski definition) is 15. The number of esters is 3. The maximum atomic E-state index is 13.1. The maximum Gasteiger partial charge on any atom is 0.336 e. The molecule has 2 heterocycles. The van der Waals surface area contributed by atoms with Crippen LogP contribution in [0.15, 0.2) is 28.8 Å². The number of methoxy groups -OCH3 is 1. The number of aliphatic hydroxyl groups is 3. The molecule has 262 valence electrons. The van der Waals surface area contributed by atoms with Gasteiger partial charge in [0.15, 0.2) is 0 Å². The molecule has 21 heteroatoms. The second-order valence-corrected chi connectivity index (χ2v) is 10.6. The van der Waals surface area contributed by atoms with Crippen molar-refractivity contribution in [1.29, 1.82) is 0 Å². The van der Waals surface area contributed by atoms with Crippen LogP contribution >= 0.6 is 0 Å². The zero-order chi connectivity index (χ0) is 35.5. The van der Waals surface area contributed by atoms with E-state index in [0.717, 1.165) is 7.11 Å². The van der Waals surface area contributed by atoms with Gasteiger partial charge in [-0.25, -0.2) is 56.2 Å². The molecule has 0 spiro atoms. The summed E-state index contributed by atoms with van der Waals surface area (Å²) in [6.45, 7) is -2.47. The number of nitrogens with zero attached hydrogens (tertiary/aromatic N) is 6. The van der Waals surface area contributed by atoms with Gasteiger partial charge in [-0.15, -0.1) is 0 Å². The Balaban J connectivity index is 2.27. The van der Waals surface area contributed by atoms with E-state index in [4.69, 9.17) is 9.47 Å². The van der Waals surface area contributed by atoms with Crippen molar-refractivity contribution in [3.63, 3.8) is 0 Å². The number of hydrogen-bond donors (Lipinski definition) is 3. The number of aliphatic hydroxyl groups excluding tert-OH is 2. The summed E-state index contributed by atoms with van der Waals surface area (Å²) in [4.78, 5) is 113. The van der Waals surface area contributed by atoms with Crippen LogP contribution in [0.5, 0.6) is 0 Å². The fraction of sp³-hybridized carbons (Fsp3) is 0.654. The normalized spacial score (nSPS) is 11.4. The lowest BCUT2D eigenvalue weighted by Crippen LogP contribution is -2.55. The first-order valence-corrected chi connectivity index (χ1v) is 14.3. The molecule has 0 aliphatic carbocycles. The van der Waals surface area contributed by atoms with Crippen molar-refractivity contribution in [2.24, 2.45) is 0 Å². The lowest BCUT2D eigenvalue weighted by molar-refractivity contribution is -0.150. The highest BCUT2D eigenvalue weighted by atomic mass is 16.5. The molecule has 0 bridgehead atoms. The van der Waals surface area contributed by atoms with Gasteiger partial charge in [-0.2, -0.15) is 0 Å². The third-order valence-corrected chi connectivity index (χ3v) is 6.43. The molecule has 0 fully saturated rings. The fourth-order valence-corrected chi connectivity index (χ4v) is 4.08. The van der Waals surface area contributed by atoms with E-state index in [-0.39, 0.29) is 6.61 Å². The van der Waals surface area contributed by atoms with Gasteiger partial charge in [0.2, 0.25) is 0 Å². The largest absolute Gasteiger partial charge is 0.469 e. The van der Waals surface area contributed by atoms with Crippen molar-refractivity contribution in [2.45, 2.75) is 78.0 Å². The van der Waals surface area contributed by atoms with E-state index < -0.39 is 136 Å². The van der Waals surface area contributed by atoms with Gasteiger partial charge in [-0.1, -0.05) is 0 Å². The lowest BCUT2D eigenvalue weighted by Gasteiger charge is -2.17. The molecular weight excluding hydrogens is 636 g/mol. The highest BCUT2D eigenvalue weighted by Crippen LogP contribution is 2.02. The molecule has 0 saturated heterocycles. The van der Waals surface area contributed by atoms with Crippen LogP contribution in [-0.4, -0.2) is 99.8 Å². The van der Waals surface area contributed by atoms with Crippen molar-refractivity contribution in [1.82, 2.24) is 27.4 Å². The lowest BCUT2D eigenvalue weighted by atomic mass is 10.2. The minimum atomic E-state index is -1.34. The molecule has 3 N–H and O–H groups in total. The number of ether oxygens (including phenoxy) is 3. The maximum absolute atomic E-state index is 13.1. The van der Waals surface area contributed by atoms with E-state index in [1.807, 2.05) is 0 Å². The van der Waals surface area contributed by atoms with Crippen LogP contribution in [-0.2, 0) is 67.9 Å². The molecule has 21 nitrogen and oxygen atoms in total. The summed E-state index contributed by atoms with van der Waals surface area (Å²) >= 11 is 0. The van der Waals surface area contributed by atoms with Gasteiger partial charge in [0.1, 0.15) is 13.2 Å². The van der Waals surface area contributed by atoms with Crippen LogP contribution < -0.4 is 34.1 Å². The van der Waals surface area contributed by atoms with Crippen molar-refractivity contribution in [3.05, 3.63) is 62.9 Å². The first-order valence-electron chi connectivity index (χ1n) is 14.3. The second-order valence-electron chi connectivity index (χ2n) is 10.6. The number of rotatable bonds is 18. The zero-order valence-electron chi connectivity index (χ0n) is 26.1. The van der Waals surface area contributed by atoms with E-state index >= 15 is 0 Å². The summed E-state index contributed by atoms with van der Waals surface area (Å²) < 4.78 is 17.8. The van der Waals surface area contributed by atoms with Gasteiger partial charge in [-0.05, 0) is 13.8 Å². The molecule has 0 saturated carbocycles. The van der Waals surface area contributed by atoms with Crippen LogP contribution in [0.4, 0.5) is 0 Å². The first-order chi connectivity index (χ1) is 22.1. The molecular formula is C26H38N6O15. The Hall–Kier alpha value is -4.89. The quantitative estimate of drug-likeness (QED) is 0.0983. The number of carbonyl (C=O) groups excluding carboxylic acids is 3. The Morgan fingerprint density at radius 1 is 0.553 bits per heavy atom. The molecule has 2 aromatic heterocycles. The van der Waals surface area contributed by atoms with Crippen molar-refractivity contribution in [2.75, 3.05) is 33.5 Å². The van der Waals surface area contributed by atoms with Gasteiger partial charge in [0.05, 0.1) is 64.8 Å². The number of aromatic nitrogens is 6. The van der Waals surface area contributed by atoms with E-state index in [1.165, 1.54) is 13.8 Å². The average Bonchev–Trinajstić information content (AvgIpc) is 3.01. The summed E-state index contributed by atoms with van der Waals surface area (Å²) in [6, 6.07) is 0. The van der Waals surface area contributed by atoms with Gasteiger partial charge >= 0.3 is 52.0 Å². The average molecular weight is 675 g/mol. The van der Waals surface area contributed by atoms with Crippen LogP contribution in [0.25, 0.3) is 0 Å². The summed E-state index contributed by atoms with van der Waals surface area (Å²) in [5.74, 6) is -2.64. The SMILES string of the molecule is COC(=O)CCn1c(=O)n(CCC(=O)OCCn2c(=O)n(CCO)c(=O)n(CCO)c2=O)c(=O)n(CCC(=O)OCC(C)(C)O)c1=O. The Labute approximate surface area is 264 Å². The highest BCUT2D eigenvalue weighted by molar-refractivity contribution is 5.69. The van der Waals surface area contributed by atoms with Gasteiger partial charge < -0.3 is 29.5 Å². The second kappa shape index (κ2) is 17.1. The molecule has 47 heavy (non-hydrogen) atoms. The molecule has 0 unspecified atom stereocenters. The Bertz CT molecular complexity index is 1760. The molecule has 0 aliphatic heterocycles. The number of carbonyl (C=O) groups is 3.